The Morgan fingerprint density at radius 3 is 2.76 bits per heavy atom. The van der Waals surface area contributed by atoms with Gasteiger partial charge in [0.15, 0.2) is 5.78 Å². The van der Waals surface area contributed by atoms with Gasteiger partial charge in [-0.1, -0.05) is 13.0 Å². The first-order valence-corrected chi connectivity index (χ1v) is 9.28. The van der Waals surface area contributed by atoms with Gasteiger partial charge in [-0.15, -0.1) is 0 Å². The maximum Gasteiger partial charge on any atom is 0.316 e. The summed E-state index contributed by atoms with van der Waals surface area (Å²) < 4.78 is 10.3. The van der Waals surface area contributed by atoms with Crippen LogP contribution in [0.15, 0.2) is 18.2 Å². The molecule has 0 saturated heterocycles. The van der Waals surface area contributed by atoms with Crippen molar-refractivity contribution in [2.75, 3.05) is 14.2 Å². The highest BCUT2D eigenvalue weighted by Crippen LogP contribution is 2.60. The van der Waals surface area contributed by atoms with Crippen molar-refractivity contribution < 1.29 is 19.1 Å². The Bertz CT molecular complexity index is 725. The van der Waals surface area contributed by atoms with E-state index < -0.39 is 5.92 Å². The van der Waals surface area contributed by atoms with Gasteiger partial charge >= 0.3 is 5.97 Å². The number of hydrogen-bond donors (Lipinski definition) is 0. The number of rotatable bonds is 2. The molecule has 1 aromatic rings. The molecule has 0 spiro atoms. The first-order chi connectivity index (χ1) is 12.0. The van der Waals surface area contributed by atoms with Crippen LogP contribution in [0, 0.1) is 23.2 Å². The van der Waals surface area contributed by atoms with Gasteiger partial charge in [0.1, 0.15) is 11.7 Å². The molecule has 0 radical (unpaired) electrons. The van der Waals surface area contributed by atoms with Gasteiger partial charge in [0.2, 0.25) is 0 Å². The van der Waals surface area contributed by atoms with Crippen LogP contribution in [0.1, 0.15) is 49.7 Å². The summed E-state index contributed by atoms with van der Waals surface area (Å²) in [6.07, 6.45) is 4.67. The van der Waals surface area contributed by atoms with E-state index in [0.29, 0.717) is 18.3 Å². The van der Waals surface area contributed by atoms with Crippen molar-refractivity contribution in [1.29, 1.82) is 0 Å². The minimum absolute atomic E-state index is 0.114. The molecule has 0 aromatic heterocycles. The summed E-state index contributed by atoms with van der Waals surface area (Å²) in [5.74, 6) is 1.39. The van der Waals surface area contributed by atoms with Gasteiger partial charge in [0, 0.05) is 5.41 Å². The van der Waals surface area contributed by atoms with Crippen molar-refractivity contribution in [3.05, 3.63) is 29.3 Å². The maximum absolute atomic E-state index is 12.9. The van der Waals surface area contributed by atoms with Crippen LogP contribution in [-0.4, -0.2) is 26.0 Å². The van der Waals surface area contributed by atoms with Gasteiger partial charge in [-0.25, -0.2) is 0 Å². The van der Waals surface area contributed by atoms with E-state index in [1.165, 1.54) is 18.2 Å². The van der Waals surface area contributed by atoms with E-state index in [4.69, 9.17) is 9.47 Å². The molecule has 3 aliphatic rings. The molecule has 0 aliphatic heterocycles. The third-order valence-corrected chi connectivity index (χ3v) is 7.18. The quantitative estimate of drug-likeness (QED) is 0.609. The monoisotopic (exact) mass is 342 g/mol. The van der Waals surface area contributed by atoms with E-state index in [0.717, 1.165) is 31.4 Å². The fraction of sp³-hybridized carbons (Fsp3) is 0.619. The van der Waals surface area contributed by atoms with E-state index >= 15 is 0 Å². The van der Waals surface area contributed by atoms with E-state index in [1.54, 1.807) is 7.11 Å². The van der Waals surface area contributed by atoms with Gasteiger partial charge in [-0.05, 0) is 73.1 Å². The second-order valence-electron chi connectivity index (χ2n) is 8.11. The smallest absolute Gasteiger partial charge is 0.316 e. The van der Waals surface area contributed by atoms with Gasteiger partial charge in [-0.2, -0.15) is 0 Å². The Kier molecular flexibility index (Phi) is 3.89. The highest BCUT2D eigenvalue weighted by Gasteiger charge is 2.59. The molecule has 0 heterocycles. The van der Waals surface area contributed by atoms with Crippen LogP contribution in [0.25, 0.3) is 0 Å². The Hall–Kier alpha value is -1.84. The molecule has 5 atom stereocenters. The first-order valence-electron chi connectivity index (χ1n) is 9.28. The lowest BCUT2D eigenvalue weighted by atomic mass is 9.55. The summed E-state index contributed by atoms with van der Waals surface area (Å²) in [6.45, 7) is 2.09. The fourth-order valence-corrected chi connectivity index (χ4v) is 5.85. The summed E-state index contributed by atoms with van der Waals surface area (Å²) in [6, 6.07) is 6.42. The lowest BCUT2D eigenvalue weighted by Crippen LogP contribution is -2.42. The number of ketones is 1. The van der Waals surface area contributed by atoms with Crippen LogP contribution in [0.5, 0.6) is 5.75 Å². The number of aryl methyl sites for hydroxylation is 1. The number of methoxy groups -OCH3 is 2. The summed E-state index contributed by atoms with van der Waals surface area (Å²) in [7, 11) is 3.09. The predicted octanol–water partition coefficient (Wildman–Crippen LogP) is 3.52. The largest absolute Gasteiger partial charge is 0.497 e. The zero-order valence-corrected chi connectivity index (χ0v) is 15.2. The third-order valence-electron chi connectivity index (χ3n) is 7.18. The standard InChI is InChI=1S/C21H26O4/c1-21-9-8-15-14-7-5-13(24-2)10-12(14)4-6-16(15)18(21)11-17(19(21)22)20(23)25-3/h5,7,10,15-18H,4,6,8-9,11H2,1-3H3/t15-,16-,17+,18+,21+/m1/s1. The second-order valence-corrected chi connectivity index (χ2v) is 8.11. The van der Waals surface area contributed by atoms with Crippen molar-refractivity contribution in [1.82, 2.24) is 0 Å². The van der Waals surface area contributed by atoms with E-state index in [2.05, 4.69) is 19.1 Å². The minimum Gasteiger partial charge on any atom is -0.497 e. The average molecular weight is 342 g/mol. The van der Waals surface area contributed by atoms with E-state index in [-0.39, 0.29) is 23.1 Å². The van der Waals surface area contributed by atoms with Crippen molar-refractivity contribution in [3.63, 3.8) is 0 Å². The molecule has 0 N–H and O–H groups in total. The molecule has 2 fully saturated rings. The number of esters is 1. The van der Waals surface area contributed by atoms with E-state index in [1.807, 2.05) is 6.07 Å². The Labute approximate surface area is 148 Å². The van der Waals surface area contributed by atoms with Gasteiger partial charge in [-0.3, -0.25) is 9.59 Å². The molecular formula is C21H26O4. The van der Waals surface area contributed by atoms with Crippen LogP contribution in [-0.2, 0) is 20.7 Å². The molecular weight excluding hydrogens is 316 g/mol. The molecule has 25 heavy (non-hydrogen) atoms. The molecule has 4 rings (SSSR count). The van der Waals surface area contributed by atoms with Crippen molar-refractivity contribution in [3.8, 4) is 5.75 Å². The Morgan fingerprint density at radius 1 is 1.24 bits per heavy atom. The number of fused-ring (bicyclic) bond motifs is 5. The van der Waals surface area contributed by atoms with Crippen molar-refractivity contribution in [2.45, 2.75) is 44.9 Å². The summed E-state index contributed by atoms with van der Waals surface area (Å²) >= 11 is 0. The van der Waals surface area contributed by atoms with Gasteiger partial charge < -0.3 is 9.47 Å². The highest BCUT2D eigenvalue weighted by molar-refractivity contribution is 6.03. The molecule has 3 aliphatic carbocycles. The maximum atomic E-state index is 12.9. The number of Topliss-reactive ketones (excluding diaryl/α,β-unsaturated/α-hetero) is 1. The molecule has 134 valence electrons. The molecule has 2 saturated carbocycles. The Morgan fingerprint density at radius 2 is 2.04 bits per heavy atom. The summed E-state index contributed by atoms with van der Waals surface area (Å²) in [5.41, 5.74) is 2.45. The number of hydrogen-bond acceptors (Lipinski definition) is 4. The SMILES string of the molecule is COC(=O)[C@H]1C[C@H]2[C@@H]3CCc4cc(OC)ccc4[C@H]3CC[C@]2(C)C1=O. The molecule has 0 amide bonds. The van der Waals surface area contributed by atoms with Gasteiger partial charge in [0.25, 0.3) is 0 Å². The number of carbonyl (C=O) groups excluding carboxylic acids is 2. The van der Waals surface area contributed by atoms with Crippen LogP contribution in [0.3, 0.4) is 0 Å². The number of ether oxygens (including phenoxy) is 2. The summed E-state index contributed by atoms with van der Waals surface area (Å²) in [5, 5.41) is 0. The van der Waals surface area contributed by atoms with E-state index in [9.17, 15) is 9.59 Å². The third kappa shape index (κ3) is 2.33. The van der Waals surface area contributed by atoms with Crippen molar-refractivity contribution in [2.24, 2.45) is 23.2 Å². The van der Waals surface area contributed by atoms with Crippen LogP contribution >= 0.6 is 0 Å². The lowest BCUT2D eigenvalue weighted by molar-refractivity contribution is -0.149. The zero-order valence-electron chi connectivity index (χ0n) is 15.2. The molecule has 1 aromatic carbocycles. The molecule has 0 bridgehead atoms. The lowest BCUT2D eigenvalue weighted by Gasteiger charge is -2.48. The molecule has 4 nitrogen and oxygen atoms in total. The van der Waals surface area contributed by atoms with Crippen LogP contribution < -0.4 is 4.74 Å². The molecule has 4 heteroatoms. The van der Waals surface area contributed by atoms with Gasteiger partial charge in [0.05, 0.1) is 14.2 Å². The predicted molar refractivity (Wildman–Crippen MR) is 93.5 cm³/mol. The highest BCUT2D eigenvalue weighted by atomic mass is 16.5. The number of benzene rings is 1. The Balaban J connectivity index is 1.67. The fourth-order valence-electron chi connectivity index (χ4n) is 5.85. The van der Waals surface area contributed by atoms with Crippen LogP contribution in [0.4, 0.5) is 0 Å². The van der Waals surface area contributed by atoms with Crippen molar-refractivity contribution >= 4 is 11.8 Å². The molecule has 0 unspecified atom stereocenters. The second kappa shape index (κ2) is 5.86. The normalized spacial score (nSPS) is 36.2. The topological polar surface area (TPSA) is 52.6 Å². The summed E-state index contributed by atoms with van der Waals surface area (Å²) in [4.78, 5) is 25.0. The van der Waals surface area contributed by atoms with Crippen LogP contribution in [0.2, 0.25) is 0 Å². The number of carbonyl (C=O) groups is 2. The zero-order chi connectivity index (χ0) is 17.8. The first kappa shape index (κ1) is 16.6. The average Bonchev–Trinajstić information content (AvgIpc) is 2.91. The minimum atomic E-state index is -0.559.